The fourth-order valence-electron chi connectivity index (χ4n) is 2.52. The van der Waals surface area contributed by atoms with Gasteiger partial charge in [0.2, 0.25) is 0 Å². The summed E-state index contributed by atoms with van der Waals surface area (Å²) in [6.07, 6.45) is 2.42. The molecule has 2 aromatic rings. The van der Waals surface area contributed by atoms with E-state index in [1.165, 1.54) is 26.0 Å². The van der Waals surface area contributed by atoms with Gasteiger partial charge in [0.1, 0.15) is 5.82 Å². The Hall–Kier alpha value is -1.29. The van der Waals surface area contributed by atoms with Gasteiger partial charge in [-0.3, -0.25) is 0 Å². The predicted molar refractivity (Wildman–Crippen MR) is 77.9 cm³/mol. The van der Waals surface area contributed by atoms with Gasteiger partial charge in [-0.2, -0.15) is 0 Å². The maximum Gasteiger partial charge on any atom is 0.167 e. The zero-order valence-corrected chi connectivity index (χ0v) is 12.7. The number of alkyl halides is 1. The highest BCUT2D eigenvalue weighted by Crippen LogP contribution is 2.47. The van der Waals surface area contributed by atoms with E-state index in [1.54, 1.807) is 6.07 Å². The van der Waals surface area contributed by atoms with Gasteiger partial charge in [-0.25, -0.2) is 9.37 Å². The van der Waals surface area contributed by atoms with E-state index in [0.29, 0.717) is 10.9 Å². The SMILES string of the molecule is COc1cc2c(cc1F)nc(C(C)Cl)n2CC1(C)CC1. The van der Waals surface area contributed by atoms with Gasteiger partial charge in [-0.05, 0) is 25.2 Å². The van der Waals surface area contributed by atoms with Gasteiger partial charge in [-0.1, -0.05) is 6.92 Å². The Labute approximate surface area is 122 Å². The maximum atomic E-state index is 13.8. The molecule has 1 unspecified atom stereocenters. The molecule has 0 amide bonds. The van der Waals surface area contributed by atoms with Gasteiger partial charge >= 0.3 is 0 Å². The molecule has 0 bridgehead atoms. The van der Waals surface area contributed by atoms with Crippen LogP contribution in [0.1, 0.15) is 37.9 Å². The van der Waals surface area contributed by atoms with Crippen molar-refractivity contribution >= 4 is 22.6 Å². The number of ether oxygens (including phenoxy) is 1. The Bertz CT molecular complexity index is 661. The van der Waals surface area contributed by atoms with Crippen molar-refractivity contribution in [1.82, 2.24) is 9.55 Å². The van der Waals surface area contributed by atoms with Gasteiger partial charge in [0, 0.05) is 18.7 Å². The number of benzene rings is 1. The molecule has 0 radical (unpaired) electrons. The number of nitrogens with zero attached hydrogens (tertiary/aromatic N) is 2. The van der Waals surface area contributed by atoms with Gasteiger partial charge in [0.25, 0.3) is 0 Å². The summed E-state index contributed by atoms with van der Waals surface area (Å²) >= 11 is 6.23. The molecule has 1 atom stereocenters. The Balaban J connectivity index is 2.18. The van der Waals surface area contributed by atoms with Crippen LogP contribution in [0.5, 0.6) is 5.75 Å². The minimum Gasteiger partial charge on any atom is -0.494 e. The Morgan fingerprint density at radius 3 is 2.75 bits per heavy atom. The van der Waals surface area contributed by atoms with E-state index in [-0.39, 0.29) is 11.1 Å². The van der Waals surface area contributed by atoms with Crippen molar-refractivity contribution in [1.29, 1.82) is 0 Å². The quantitative estimate of drug-likeness (QED) is 0.787. The van der Waals surface area contributed by atoms with Gasteiger partial charge in [-0.15, -0.1) is 11.6 Å². The highest BCUT2D eigenvalue weighted by atomic mass is 35.5. The third kappa shape index (κ3) is 2.26. The lowest BCUT2D eigenvalue weighted by molar-refractivity contribution is 0.387. The Kier molecular flexibility index (Phi) is 3.16. The summed E-state index contributed by atoms with van der Waals surface area (Å²) in [5, 5.41) is -0.209. The van der Waals surface area contributed by atoms with Gasteiger partial charge < -0.3 is 9.30 Å². The molecule has 5 heteroatoms. The molecule has 3 nitrogen and oxygen atoms in total. The monoisotopic (exact) mass is 296 g/mol. The molecule has 0 aliphatic heterocycles. The van der Waals surface area contributed by atoms with Crippen molar-refractivity contribution in [3.63, 3.8) is 0 Å². The van der Waals surface area contributed by atoms with Crippen LogP contribution in [0, 0.1) is 11.2 Å². The summed E-state index contributed by atoms with van der Waals surface area (Å²) in [6, 6.07) is 3.13. The molecule has 1 heterocycles. The Morgan fingerprint density at radius 2 is 2.20 bits per heavy atom. The minimum absolute atomic E-state index is 0.209. The van der Waals surface area contributed by atoms with Crippen LogP contribution in [0.2, 0.25) is 0 Å². The topological polar surface area (TPSA) is 27.1 Å². The molecule has 1 aliphatic rings. The second kappa shape index (κ2) is 4.62. The number of halogens is 2. The van der Waals surface area contributed by atoms with Crippen molar-refractivity contribution in [2.24, 2.45) is 5.41 Å². The molecule has 0 N–H and O–H groups in total. The van der Waals surface area contributed by atoms with E-state index < -0.39 is 5.82 Å². The van der Waals surface area contributed by atoms with Crippen molar-refractivity contribution in [3.05, 3.63) is 23.8 Å². The van der Waals surface area contributed by atoms with Crippen LogP contribution in [-0.2, 0) is 6.54 Å². The molecule has 1 saturated carbocycles. The van der Waals surface area contributed by atoms with Crippen LogP contribution in [-0.4, -0.2) is 16.7 Å². The first-order chi connectivity index (χ1) is 9.43. The lowest BCUT2D eigenvalue weighted by Crippen LogP contribution is -2.11. The number of hydrogen-bond acceptors (Lipinski definition) is 2. The molecule has 20 heavy (non-hydrogen) atoms. The third-order valence-electron chi connectivity index (χ3n) is 4.05. The van der Waals surface area contributed by atoms with Crippen molar-refractivity contribution in [3.8, 4) is 5.75 Å². The number of rotatable bonds is 4. The normalized spacial score (nSPS) is 18.2. The molecular weight excluding hydrogens is 279 g/mol. The largest absolute Gasteiger partial charge is 0.494 e. The number of aromatic nitrogens is 2. The number of methoxy groups -OCH3 is 1. The van der Waals surface area contributed by atoms with Crippen LogP contribution >= 0.6 is 11.6 Å². The Morgan fingerprint density at radius 1 is 1.50 bits per heavy atom. The van der Waals surface area contributed by atoms with Crippen molar-refractivity contribution < 1.29 is 9.13 Å². The van der Waals surface area contributed by atoms with Crippen LogP contribution < -0.4 is 4.74 Å². The minimum atomic E-state index is -0.393. The fourth-order valence-corrected chi connectivity index (χ4v) is 2.69. The summed E-state index contributed by atoms with van der Waals surface area (Å²) in [5.41, 5.74) is 1.84. The van der Waals surface area contributed by atoms with E-state index in [1.807, 2.05) is 6.92 Å². The van der Waals surface area contributed by atoms with Gasteiger partial charge in [0.15, 0.2) is 11.6 Å². The molecule has 0 spiro atoms. The van der Waals surface area contributed by atoms with E-state index in [0.717, 1.165) is 17.9 Å². The molecule has 1 aromatic carbocycles. The first-order valence-electron chi connectivity index (χ1n) is 6.81. The maximum absolute atomic E-state index is 13.8. The first kappa shape index (κ1) is 13.7. The average Bonchev–Trinajstić information content (AvgIpc) is 3.01. The van der Waals surface area contributed by atoms with E-state index in [4.69, 9.17) is 16.3 Å². The third-order valence-corrected chi connectivity index (χ3v) is 4.25. The van der Waals surface area contributed by atoms with E-state index in [2.05, 4.69) is 16.5 Å². The number of hydrogen-bond donors (Lipinski definition) is 0. The molecule has 1 aromatic heterocycles. The summed E-state index contributed by atoms with van der Waals surface area (Å²) in [6.45, 7) is 5.01. The lowest BCUT2D eigenvalue weighted by atomic mass is 10.1. The van der Waals surface area contributed by atoms with Crippen molar-refractivity contribution in [2.45, 2.75) is 38.6 Å². The zero-order valence-electron chi connectivity index (χ0n) is 11.9. The second-order valence-corrected chi connectivity index (χ2v) is 6.61. The lowest BCUT2D eigenvalue weighted by Gasteiger charge is -2.15. The molecule has 3 rings (SSSR count). The second-order valence-electron chi connectivity index (χ2n) is 5.96. The molecular formula is C15H18ClFN2O. The number of fused-ring (bicyclic) bond motifs is 1. The molecule has 1 aliphatic carbocycles. The van der Waals surface area contributed by atoms with Crippen LogP contribution in [0.15, 0.2) is 12.1 Å². The highest BCUT2D eigenvalue weighted by Gasteiger charge is 2.38. The highest BCUT2D eigenvalue weighted by molar-refractivity contribution is 6.20. The summed E-state index contributed by atoms with van der Waals surface area (Å²) in [5.74, 6) is 0.645. The molecule has 1 fully saturated rings. The molecule has 0 saturated heterocycles. The van der Waals surface area contributed by atoms with E-state index >= 15 is 0 Å². The predicted octanol–water partition coefficient (Wildman–Crippen LogP) is 4.28. The average molecular weight is 297 g/mol. The summed E-state index contributed by atoms with van der Waals surface area (Å²) < 4.78 is 21.0. The fraction of sp³-hybridized carbons (Fsp3) is 0.533. The first-order valence-corrected chi connectivity index (χ1v) is 7.25. The summed E-state index contributed by atoms with van der Waals surface area (Å²) in [7, 11) is 1.47. The van der Waals surface area contributed by atoms with Crippen molar-refractivity contribution in [2.75, 3.05) is 7.11 Å². The van der Waals surface area contributed by atoms with Crippen LogP contribution in [0.3, 0.4) is 0 Å². The van der Waals surface area contributed by atoms with Crippen LogP contribution in [0.4, 0.5) is 4.39 Å². The van der Waals surface area contributed by atoms with Gasteiger partial charge in [0.05, 0.1) is 23.5 Å². The smallest absolute Gasteiger partial charge is 0.167 e. The van der Waals surface area contributed by atoms with E-state index in [9.17, 15) is 4.39 Å². The molecule has 108 valence electrons. The standard InChI is InChI=1S/C15H18ClFN2O/c1-9(16)14-18-11-6-10(17)13(20-3)7-12(11)19(14)8-15(2)4-5-15/h6-7,9H,4-5,8H2,1-3H3. The van der Waals surface area contributed by atoms with Crippen LogP contribution in [0.25, 0.3) is 11.0 Å². The summed E-state index contributed by atoms with van der Waals surface area (Å²) in [4.78, 5) is 4.50. The number of imidazole rings is 1. The zero-order chi connectivity index (χ0) is 14.5.